The Balaban J connectivity index is 1.71. The van der Waals surface area contributed by atoms with Crippen molar-refractivity contribution in [2.45, 2.75) is 44.6 Å². The highest BCUT2D eigenvalue weighted by Gasteiger charge is 2.31. The van der Waals surface area contributed by atoms with Crippen molar-refractivity contribution in [1.29, 1.82) is 0 Å². The number of nitrogens with zero attached hydrogens (tertiary/aromatic N) is 1. The Kier molecular flexibility index (Phi) is 5.53. The Bertz CT molecular complexity index is 461. The fourth-order valence-electron chi connectivity index (χ4n) is 2.72. The van der Waals surface area contributed by atoms with Crippen molar-refractivity contribution < 1.29 is 9.90 Å². The van der Waals surface area contributed by atoms with Crippen LogP contribution in [0.5, 0.6) is 0 Å². The molecule has 1 saturated heterocycles. The smallest absolute Gasteiger partial charge is 0.326 e. The number of hydrogen-bond donors (Lipinski definition) is 1. The molecule has 0 bridgehead atoms. The third-order valence-corrected chi connectivity index (χ3v) is 4.25. The monoisotopic (exact) mass is 291 g/mol. The highest BCUT2D eigenvalue weighted by atomic mass is 32.1. The number of thiocarbonyl (C=S) groups is 1. The SMILES string of the molecule is O=C(O)[C@@H]1CCCN1C(=S)CCCCc1ccccc1. The zero-order valence-electron chi connectivity index (χ0n) is 11.6. The predicted octanol–water partition coefficient (Wildman–Crippen LogP) is 3.28. The van der Waals surface area contributed by atoms with E-state index < -0.39 is 12.0 Å². The average molecular weight is 291 g/mol. The van der Waals surface area contributed by atoms with Crippen LogP contribution in [-0.2, 0) is 11.2 Å². The van der Waals surface area contributed by atoms with E-state index in [-0.39, 0.29) is 0 Å². The number of benzene rings is 1. The fourth-order valence-corrected chi connectivity index (χ4v) is 3.08. The summed E-state index contributed by atoms with van der Waals surface area (Å²) in [6, 6.07) is 10.0. The summed E-state index contributed by atoms with van der Waals surface area (Å²) in [5.41, 5.74) is 1.35. The molecule has 2 rings (SSSR count). The lowest BCUT2D eigenvalue weighted by Crippen LogP contribution is -2.39. The van der Waals surface area contributed by atoms with Gasteiger partial charge < -0.3 is 10.0 Å². The van der Waals surface area contributed by atoms with Gasteiger partial charge in [0.25, 0.3) is 0 Å². The molecule has 0 unspecified atom stereocenters. The lowest BCUT2D eigenvalue weighted by molar-refractivity contribution is -0.140. The van der Waals surface area contributed by atoms with Crippen molar-refractivity contribution in [2.24, 2.45) is 0 Å². The molecule has 1 aromatic carbocycles. The molecular weight excluding hydrogens is 270 g/mol. The summed E-state index contributed by atoms with van der Waals surface area (Å²) in [4.78, 5) is 13.9. The molecule has 108 valence electrons. The van der Waals surface area contributed by atoms with Crippen LogP contribution in [0.25, 0.3) is 0 Å². The maximum Gasteiger partial charge on any atom is 0.326 e. The van der Waals surface area contributed by atoms with Gasteiger partial charge in [0.2, 0.25) is 0 Å². The quantitative estimate of drug-likeness (QED) is 0.645. The van der Waals surface area contributed by atoms with Gasteiger partial charge in [-0.05, 0) is 44.1 Å². The van der Waals surface area contributed by atoms with Gasteiger partial charge >= 0.3 is 5.97 Å². The Labute approximate surface area is 125 Å². The topological polar surface area (TPSA) is 40.5 Å². The van der Waals surface area contributed by atoms with Crippen molar-refractivity contribution in [2.75, 3.05) is 6.54 Å². The third-order valence-electron chi connectivity index (χ3n) is 3.81. The van der Waals surface area contributed by atoms with Crippen molar-refractivity contribution in [3.05, 3.63) is 35.9 Å². The van der Waals surface area contributed by atoms with E-state index in [1.165, 1.54) is 5.56 Å². The Morgan fingerprint density at radius 2 is 2.05 bits per heavy atom. The predicted molar refractivity (Wildman–Crippen MR) is 84.0 cm³/mol. The van der Waals surface area contributed by atoms with E-state index in [0.29, 0.717) is 0 Å². The molecule has 1 aliphatic rings. The number of likely N-dealkylation sites (tertiary alicyclic amines) is 1. The summed E-state index contributed by atoms with van der Waals surface area (Å²) in [6.45, 7) is 0.800. The maximum atomic E-state index is 11.1. The van der Waals surface area contributed by atoms with Crippen LogP contribution >= 0.6 is 12.2 Å². The molecule has 20 heavy (non-hydrogen) atoms. The van der Waals surface area contributed by atoms with Crippen LogP contribution in [-0.4, -0.2) is 33.6 Å². The molecule has 0 spiro atoms. The largest absolute Gasteiger partial charge is 0.480 e. The lowest BCUT2D eigenvalue weighted by atomic mass is 10.1. The molecule has 0 radical (unpaired) electrons. The minimum absolute atomic E-state index is 0.392. The first-order valence-electron chi connectivity index (χ1n) is 7.24. The standard InChI is InChI=1S/C16H21NO2S/c18-16(19)14-10-6-12-17(14)15(20)11-5-4-9-13-7-2-1-3-8-13/h1-3,7-8,14H,4-6,9-12H2,(H,18,19)/t14-/m0/s1. The first-order valence-corrected chi connectivity index (χ1v) is 7.65. The van der Waals surface area contributed by atoms with Crippen LogP contribution < -0.4 is 0 Å². The van der Waals surface area contributed by atoms with Crippen LogP contribution in [0.4, 0.5) is 0 Å². The van der Waals surface area contributed by atoms with Gasteiger partial charge in [-0.1, -0.05) is 42.5 Å². The molecule has 1 aromatic rings. The van der Waals surface area contributed by atoms with Crippen LogP contribution in [0.3, 0.4) is 0 Å². The second-order valence-electron chi connectivity index (χ2n) is 5.28. The molecular formula is C16H21NO2S. The summed E-state index contributed by atoms with van der Waals surface area (Å²) < 4.78 is 0. The minimum Gasteiger partial charge on any atom is -0.480 e. The number of unbranched alkanes of at least 4 members (excludes halogenated alkanes) is 1. The van der Waals surface area contributed by atoms with E-state index in [2.05, 4.69) is 24.3 Å². The van der Waals surface area contributed by atoms with Gasteiger partial charge in [0.15, 0.2) is 0 Å². The van der Waals surface area contributed by atoms with Crippen LogP contribution in [0.15, 0.2) is 30.3 Å². The Morgan fingerprint density at radius 3 is 2.75 bits per heavy atom. The van der Waals surface area contributed by atoms with Crippen molar-refractivity contribution in [3.63, 3.8) is 0 Å². The Hall–Kier alpha value is -1.42. The van der Waals surface area contributed by atoms with Gasteiger partial charge in [-0.15, -0.1) is 0 Å². The van der Waals surface area contributed by atoms with Crippen LogP contribution in [0.1, 0.15) is 37.7 Å². The van der Waals surface area contributed by atoms with Gasteiger partial charge in [-0.3, -0.25) is 0 Å². The van der Waals surface area contributed by atoms with Crippen LogP contribution in [0.2, 0.25) is 0 Å². The molecule has 1 heterocycles. The zero-order valence-corrected chi connectivity index (χ0v) is 12.4. The number of aryl methyl sites for hydroxylation is 1. The molecule has 1 N–H and O–H groups in total. The summed E-state index contributed by atoms with van der Waals surface area (Å²) in [6.07, 6.45) is 5.66. The third kappa shape index (κ3) is 4.04. The van der Waals surface area contributed by atoms with E-state index in [4.69, 9.17) is 17.3 Å². The minimum atomic E-state index is -0.742. The van der Waals surface area contributed by atoms with Gasteiger partial charge in [-0.2, -0.15) is 0 Å². The second kappa shape index (κ2) is 7.39. The van der Waals surface area contributed by atoms with E-state index in [9.17, 15) is 4.79 Å². The van der Waals surface area contributed by atoms with Gasteiger partial charge in [0.05, 0.1) is 4.99 Å². The molecule has 1 fully saturated rings. The van der Waals surface area contributed by atoms with Gasteiger partial charge in [-0.25, -0.2) is 4.79 Å². The van der Waals surface area contributed by atoms with E-state index in [1.54, 1.807) is 0 Å². The number of carbonyl (C=O) groups is 1. The van der Waals surface area contributed by atoms with E-state index in [0.717, 1.165) is 50.1 Å². The van der Waals surface area contributed by atoms with E-state index >= 15 is 0 Å². The number of aliphatic carboxylic acids is 1. The van der Waals surface area contributed by atoms with E-state index in [1.807, 2.05) is 11.0 Å². The van der Waals surface area contributed by atoms with Crippen molar-refractivity contribution in [1.82, 2.24) is 4.90 Å². The second-order valence-corrected chi connectivity index (χ2v) is 5.75. The van der Waals surface area contributed by atoms with Gasteiger partial charge in [0.1, 0.15) is 6.04 Å². The first kappa shape index (κ1) is 15.0. The number of carboxylic acids is 1. The lowest BCUT2D eigenvalue weighted by Gasteiger charge is -2.24. The van der Waals surface area contributed by atoms with Crippen LogP contribution in [0, 0.1) is 0 Å². The molecule has 0 aliphatic carbocycles. The molecule has 0 saturated carbocycles. The zero-order chi connectivity index (χ0) is 14.4. The molecule has 3 nitrogen and oxygen atoms in total. The fraction of sp³-hybridized carbons (Fsp3) is 0.500. The number of carboxylic acid groups (broad SMARTS) is 1. The Morgan fingerprint density at radius 1 is 1.30 bits per heavy atom. The molecule has 0 aromatic heterocycles. The first-order chi connectivity index (χ1) is 9.68. The number of hydrogen-bond acceptors (Lipinski definition) is 2. The normalized spacial score (nSPS) is 18.2. The maximum absolute atomic E-state index is 11.1. The average Bonchev–Trinajstić information content (AvgIpc) is 2.94. The highest BCUT2D eigenvalue weighted by Crippen LogP contribution is 2.20. The molecule has 4 heteroatoms. The summed E-state index contributed by atoms with van der Waals surface area (Å²) in [5, 5.41) is 9.15. The highest BCUT2D eigenvalue weighted by molar-refractivity contribution is 7.80. The molecule has 1 atom stereocenters. The number of rotatable bonds is 6. The summed E-state index contributed by atoms with van der Waals surface area (Å²) in [7, 11) is 0. The molecule has 0 amide bonds. The van der Waals surface area contributed by atoms with Gasteiger partial charge in [0, 0.05) is 6.54 Å². The van der Waals surface area contributed by atoms with Crippen molar-refractivity contribution in [3.8, 4) is 0 Å². The summed E-state index contributed by atoms with van der Waals surface area (Å²) >= 11 is 5.40. The molecule has 1 aliphatic heterocycles. The van der Waals surface area contributed by atoms with Crippen molar-refractivity contribution >= 4 is 23.2 Å². The summed E-state index contributed by atoms with van der Waals surface area (Å²) in [5.74, 6) is -0.742.